The van der Waals surface area contributed by atoms with E-state index in [1.807, 2.05) is 19.1 Å². The Labute approximate surface area is 146 Å². The van der Waals surface area contributed by atoms with Crippen LogP contribution < -0.4 is 5.32 Å². The molecule has 0 radical (unpaired) electrons. The van der Waals surface area contributed by atoms with Crippen LogP contribution >= 0.6 is 47.2 Å². The van der Waals surface area contributed by atoms with Crippen molar-refractivity contribution in [1.29, 1.82) is 0 Å². The minimum absolute atomic E-state index is 0.221. The number of hydrogen-bond acceptors (Lipinski definition) is 4. The summed E-state index contributed by atoms with van der Waals surface area (Å²) < 4.78 is 2.03. The van der Waals surface area contributed by atoms with Crippen LogP contribution in [0.25, 0.3) is 11.8 Å². The Hall–Kier alpha value is -1.34. The molecule has 2 aromatic rings. The molecule has 1 aliphatic rings. The molecule has 0 bridgehead atoms. The molecule has 3 rings (SSSR count). The van der Waals surface area contributed by atoms with E-state index in [4.69, 9.17) is 35.4 Å². The summed E-state index contributed by atoms with van der Waals surface area (Å²) >= 11 is 18.6. The minimum Gasteiger partial charge on any atom is -0.307 e. The molecule has 8 heteroatoms. The number of nitrogens with zero attached hydrogens (tertiary/aromatic N) is 2. The van der Waals surface area contributed by atoms with Crippen molar-refractivity contribution in [1.82, 2.24) is 15.1 Å². The summed E-state index contributed by atoms with van der Waals surface area (Å²) in [6, 6.07) is 7.22. The molecule has 2 heterocycles. The number of benzene rings is 1. The highest BCUT2D eigenvalue weighted by Gasteiger charge is 2.24. The van der Waals surface area contributed by atoms with Gasteiger partial charge in [0, 0.05) is 10.6 Å². The number of aryl methyl sites for hydroxylation is 1. The van der Waals surface area contributed by atoms with Crippen LogP contribution in [0.1, 0.15) is 11.3 Å². The number of carbonyl (C=O) groups excluding carboxylic acids is 1. The van der Waals surface area contributed by atoms with Gasteiger partial charge in [0.15, 0.2) is 0 Å². The third kappa shape index (κ3) is 2.92. The highest BCUT2D eigenvalue weighted by Crippen LogP contribution is 2.31. The first-order valence-electron chi connectivity index (χ1n) is 6.21. The molecule has 1 saturated heterocycles. The largest absolute Gasteiger partial charge is 0.307 e. The molecule has 0 spiro atoms. The highest BCUT2D eigenvalue weighted by molar-refractivity contribution is 8.26. The average Bonchev–Trinajstić information content (AvgIpc) is 2.92. The fourth-order valence-corrected chi connectivity index (χ4v) is 3.54. The number of amides is 1. The van der Waals surface area contributed by atoms with Crippen molar-refractivity contribution in [3.63, 3.8) is 0 Å². The third-order valence-corrected chi connectivity index (χ3v) is 4.78. The first-order valence-corrected chi connectivity index (χ1v) is 8.19. The number of thioether (sulfide) groups is 1. The molecule has 112 valence electrons. The van der Waals surface area contributed by atoms with E-state index >= 15 is 0 Å². The molecule has 0 saturated carbocycles. The predicted molar refractivity (Wildman–Crippen MR) is 94.6 cm³/mol. The van der Waals surface area contributed by atoms with E-state index in [1.54, 1.807) is 22.9 Å². The number of nitrogens with one attached hydrogen (secondary N) is 1. The zero-order valence-electron chi connectivity index (χ0n) is 11.3. The van der Waals surface area contributed by atoms with Crippen molar-refractivity contribution in [2.45, 2.75) is 6.92 Å². The van der Waals surface area contributed by atoms with Gasteiger partial charge in [-0.3, -0.25) is 4.79 Å². The predicted octanol–water partition coefficient (Wildman–Crippen LogP) is 3.98. The number of thiocarbonyl (C=S) groups is 1. The van der Waals surface area contributed by atoms with Crippen LogP contribution in [0.3, 0.4) is 0 Å². The maximum atomic E-state index is 11.8. The molecule has 1 N–H and O–H groups in total. The van der Waals surface area contributed by atoms with Gasteiger partial charge in [-0.2, -0.15) is 5.10 Å². The minimum atomic E-state index is -0.221. The number of rotatable bonds is 2. The molecule has 0 unspecified atom stereocenters. The van der Waals surface area contributed by atoms with Gasteiger partial charge in [0.05, 0.1) is 16.3 Å². The van der Waals surface area contributed by atoms with Crippen LogP contribution in [0.15, 0.2) is 29.2 Å². The Bertz CT molecular complexity index is 829. The van der Waals surface area contributed by atoms with E-state index in [-0.39, 0.29) is 5.91 Å². The normalized spacial score (nSPS) is 16.4. The molecule has 0 aliphatic carbocycles. The van der Waals surface area contributed by atoms with Gasteiger partial charge in [0.2, 0.25) is 0 Å². The van der Waals surface area contributed by atoms with Crippen LogP contribution in [0, 0.1) is 6.92 Å². The number of carbonyl (C=O) groups is 1. The summed E-state index contributed by atoms with van der Waals surface area (Å²) in [5, 5.41) is 8.00. The Balaban J connectivity index is 2.06. The zero-order chi connectivity index (χ0) is 15.9. The standard InChI is InChI=1S/C14H9Cl2N3OS2/c1-7-10(6-11-13(20)17-14(21)22-11)12(16)19(18-7)9-4-2-3-8(15)5-9/h2-6H,1H3,(H,17,20,21)/b11-6-. The van der Waals surface area contributed by atoms with Gasteiger partial charge in [-0.15, -0.1) is 0 Å². The van der Waals surface area contributed by atoms with Crippen LogP contribution in [0.4, 0.5) is 0 Å². The lowest BCUT2D eigenvalue weighted by molar-refractivity contribution is -0.115. The number of halogens is 2. The van der Waals surface area contributed by atoms with Gasteiger partial charge in [-0.05, 0) is 31.2 Å². The van der Waals surface area contributed by atoms with Crippen LogP contribution in [0.5, 0.6) is 0 Å². The summed E-state index contributed by atoms with van der Waals surface area (Å²) in [4.78, 5) is 12.3. The van der Waals surface area contributed by atoms with Crippen molar-refractivity contribution >= 4 is 63.5 Å². The van der Waals surface area contributed by atoms with Crippen LogP contribution in [0.2, 0.25) is 10.2 Å². The lowest BCUT2D eigenvalue weighted by Crippen LogP contribution is -2.17. The molecule has 1 amide bonds. The second-order valence-electron chi connectivity index (χ2n) is 4.53. The van der Waals surface area contributed by atoms with Crippen LogP contribution in [-0.4, -0.2) is 20.0 Å². The van der Waals surface area contributed by atoms with Gasteiger partial charge in [-0.25, -0.2) is 4.68 Å². The molecular formula is C14H9Cl2N3OS2. The van der Waals surface area contributed by atoms with Crippen molar-refractivity contribution in [2.75, 3.05) is 0 Å². The fraction of sp³-hybridized carbons (Fsp3) is 0.0714. The molecule has 4 nitrogen and oxygen atoms in total. The summed E-state index contributed by atoms with van der Waals surface area (Å²) in [6.45, 7) is 1.83. The Morgan fingerprint density at radius 3 is 2.82 bits per heavy atom. The summed E-state index contributed by atoms with van der Waals surface area (Å²) in [6.07, 6.45) is 1.70. The second-order valence-corrected chi connectivity index (χ2v) is 7.05. The molecule has 0 atom stereocenters. The smallest absolute Gasteiger partial charge is 0.263 e. The number of hydrogen-bond donors (Lipinski definition) is 1. The second kappa shape index (κ2) is 6.04. The third-order valence-electron chi connectivity index (χ3n) is 3.02. The van der Waals surface area contributed by atoms with Crippen molar-refractivity contribution in [3.8, 4) is 5.69 Å². The molecule has 1 aromatic carbocycles. The Morgan fingerprint density at radius 2 is 2.18 bits per heavy atom. The molecule has 1 aromatic heterocycles. The molecule has 1 fully saturated rings. The van der Waals surface area contributed by atoms with E-state index < -0.39 is 0 Å². The Morgan fingerprint density at radius 1 is 1.41 bits per heavy atom. The average molecular weight is 370 g/mol. The van der Waals surface area contributed by atoms with Crippen LogP contribution in [-0.2, 0) is 4.79 Å². The van der Waals surface area contributed by atoms with Gasteiger partial charge >= 0.3 is 0 Å². The number of aromatic nitrogens is 2. The highest BCUT2D eigenvalue weighted by atomic mass is 35.5. The van der Waals surface area contributed by atoms with Gasteiger partial charge in [0.25, 0.3) is 5.91 Å². The quantitative estimate of drug-likeness (QED) is 0.642. The summed E-state index contributed by atoms with van der Waals surface area (Å²) in [7, 11) is 0. The maximum Gasteiger partial charge on any atom is 0.263 e. The van der Waals surface area contributed by atoms with Gasteiger partial charge < -0.3 is 5.32 Å². The van der Waals surface area contributed by atoms with E-state index in [9.17, 15) is 4.79 Å². The summed E-state index contributed by atoms with van der Waals surface area (Å²) in [5.74, 6) is -0.221. The first kappa shape index (κ1) is 15.6. The van der Waals surface area contributed by atoms with E-state index in [0.29, 0.717) is 30.7 Å². The van der Waals surface area contributed by atoms with E-state index in [1.165, 1.54) is 11.8 Å². The lowest BCUT2D eigenvalue weighted by atomic mass is 10.2. The Kier molecular flexibility index (Phi) is 4.27. The monoisotopic (exact) mass is 369 g/mol. The van der Waals surface area contributed by atoms with Crippen molar-refractivity contribution in [2.24, 2.45) is 0 Å². The first-order chi connectivity index (χ1) is 10.5. The topological polar surface area (TPSA) is 46.9 Å². The zero-order valence-corrected chi connectivity index (χ0v) is 14.4. The SMILES string of the molecule is Cc1nn(-c2cccc(Cl)c2)c(Cl)c1/C=C1\SC(=S)NC1=O. The maximum absolute atomic E-state index is 11.8. The lowest BCUT2D eigenvalue weighted by Gasteiger charge is -2.03. The van der Waals surface area contributed by atoms with E-state index in [2.05, 4.69) is 10.4 Å². The van der Waals surface area contributed by atoms with Crippen molar-refractivity contribution < 1.29 is 4.79 Å². The van der Waals surface area contributed by atoms with E-state index in [0.717, 1.165) is 5.69 Å². The molecule has 1 aliphatic heterocycles. The fourth-order valence-electron chi connectivity index (χ4n) is 2.01. The van der Waals surface area contributed by atoms with Crippen molar-refractivity contribution in [3.05, 3.63) is 50.6 Å². The molecular weight excluding hydrogens is 361 g/mol. The summed E-state index contributed by atoms with van der Waals surface area (Å²) in [5.41, 5.74) is 2.15. The molecule has 22 heavy (non-hydrogen) atoms. The van der Waals surface area contributed by atoms with Gasteiger partial charge in [-0.1, -0.05) is 53.2 Å². The van der Waals surface area contributed by atoms with Gasteiger partial charge in [0.1, 0.15) is 9.47 Å².